The van der Waals surface area contributed by atoms with Gasteiger partial charge in [0.05, 0.1) is 0 Å². The van der Waals surface area contributed by atoms with E-state index in [1.165, 1.54) is 0 Å². The van der Waals surface area contributed by atoms with E-state index in [0.717, 1.165) is 18.5 Å². The molecule has 0 aromatic heterocycles. The Hall–Kier alpha value is -2.10. The molecule has 0 saturated carbocycles. The Kier molecular flexibility index (Phi) is 5.75. The summed E-state index contributed by atoms with van der Waals surface area (Å²) in [6.45, 7) is 5.33. The van der Waals surface area contributed by atoms with E-state index in [2.05, 4.69) is 17.5 Å². The molecule has 1 aliphatic carbocycles. The Morgan fingerprint density at radius 3 is 2.41 bits per heavy atom. The maximum Gasteiger partial charge on any atom is 0.253 e. The van der Waals surface area contributed by atoms with Crippen molar-refractivity contribution in [2.45, 2.75) is 33.1 Å². The van der Waals surface area contributed by atoms with Gasteiger partial charge in [0.1, 0.15) is 0 Å². The summed E-state index contributed by atoms with van der Waals surface area (Å²) in [4.78, 5) is 25.9. The molecule has 118 valence electrons. The smallest absolute Gasteiger partial charge is 0.253 e. The summed E-state index contributed by atoms with van der Waals surface area (Å²) in [7, 11) is 0. The predicted octanol–water partition coefficient (Wildman–Crippen LogP) is 3.46. The number of hydrogen-bond acceptors (Lipinski definition) is 2. The van der Waals surface area contributed by atoms with Crippen molar-refractivity contribution in [2.75, 3.05) is 18.4 Å². The lowest BCUT2D eigenvalue weighted by molar-refractivity contribution is -0.116. The van der Waals surface area contributed by atoms with E-state index >= 15 is 0 Å². The molecule has 1 aromatic rings. The Bertz CT molecular complexity index is 545. The molecule has 0 heterocycles. The van der Waals surface area contributed by atoms with E-state index in [1.54, 1.807) is 29.2 Å². The molecule has 0 bridgehead atoms. The molecule has 0 saturated heterocycles. The molecule has 1 unspecified atom stereocenters. The van der Waals surface area contributed by atoms with Crippen LogP contribution in [0.25, 0.3) is 0 Å². The van der Waals surface area contributed by atoms with Gasteiger partial charge in [-0.2, -0.15) is 0 Å². The average Bonchev–Trinajstić information content (AvgIpc) is 3.02. The average molecular weight is 300 g/mol. The van der Waals surface area contributed by atoms with Crippen LogP contribution >= 0.6 is 0 Å². The SMILES string of the molecule is CCN(CC)C(=O)c1ccc(NC(=O)CC2C=CCC2)cc1. The number of nitrogens with one attached hydrogen (secondary N) is 1. The molecular weight excluding hydrogens is 276 g/mol. The number of anilines is 1. The molecule has 1 aliphatic rings. The van der Waals surface area contributed by atoms with Crippen LogP contribution in [0.4, 0.5) is 5.69 Å². The summed E-state index contributed by atoms with van der Waals surface area (Å²) in [5.74, 6) is 0.418. The summed E-state index contributed by atoms with van der Waals surface area (Å²) in [6.07, 6.45) is 6.90. The fourth-order valence-electron chi connectivity index (χ4n) is 2.70. The minimum Gasteiger partial charge on any atom is -0.339 e. The summed E-state index contributed by atoms with van der Waals surface area (Å²) in [5.41, 5.74) is 1.39. The largest absolute Gasteiger partial charge is 0.339 e. The van der Waals surface area contributed by atoms with Crippen molar-refractivity contribution in [2.24, 2.45) is 5.92 Å². The number of hydrogen-bond donors (Lipinski definition) is 1. The van der Waals surface area contributed by atoms with Gasteiger partial charge < -0.3 is 10.2 Å². The fourth-order valence-corrected chi connectivity index (χ4v) is 2.70. The molecule has 0 radical (unpaired) electrons. The molecule has 2 rings (SSSR count). The van der Waals surface area contributed by atoms with Crippen LogP contribution in [0.1, 0.15) is 43.5 Å². The lowest BCUT2D eigenvalue weighted by Gasteiger charge is -2.18. The third kappa shape index (κ3) is 4.20. The molecule has 1 N–H and O–H groups in total. The van der Waals surface area contributed by atoms with Gasteiger partial charge in [-0.15, -0.1) is 0 Å². The Labute approximate surface area is 132 Å². The summed E-state index contributed by atoms with van der Waals surface area (Å²) in [6, 6.07) is 7.12. The van der Waals surface area contributed by atoms with Crippen LogP contribution in [0.5, 0.6) is 0 Å². The summed E-state index contributed by atoms with van der Waals surface area (Å²) in [5, 5.41) is 2.89. The quantitative estimate of drug-likeness (QED) is 0.818. The van der Waals surface area contributed by atoms with Gasteiger partial charge >= 0.3 is 0 Å². The zero-order valence-electron chi connectivity index (χ0n) is 13.3. The standard InChI is InChI=1S/C18H24N2O2/c1-3-20(4-2)18(22)15-9-11-16(12-10-15)19-17(21)13-14-7-5-6-8-14/h5,7,9-12,14H,3-4,6,8,13H2,1-2H3,(H,19,21). The molecule has 4 nitrogen and oxygen atoms in total. The summed E-state index contributed by atoms with van der Waals surface area (Å²) < 4.78 is 0. The molecule has 22 heavy (non-hydrogen) atoms. The Morgan fingerprint density at radius 2 is 1.86 bits per heavy atom. The second kappa shape index (κ2) is 7.78. The highest BCUT2D eigenvalue weighted by Gasteiger charge is 2.15. The number of carbonyl (C=O) groups is 2. The van der Waals surface area contributed by atoms with E-state index in [0.29, 0.717) is 31.0 Å². The van der Waals surface area contributed by atoms with Crippen LogP contribution in [0.15, 0.2) is 36.4 Å². The maximum absolute atomic E-state index is 12.2. The van der Waals surface area contributed by atoms with Crippen molar-refractivity contribution in [3.8, 4) is 0 Å². The number of allylic oxidation sites excluding steroid dienone is 2. The topological polar surface area (TPSA) is 49.4 Å². The van der Waals surface area contributed by atoms with Gasteiger partial charge in [0.25, 0.3) is 5.91 Å². The first-order valence-electron chi connectivity index (χ1n) is 7.99. The zero-order valence-corrected chi connectivity index (χ0v) is 13.3. The van der Waals surface area contributed by atoms with Gasteiger partial charge in [0, 0.05) is 30.8 Å². The zero-order chi connectivity index (χ0) is 15.9. The third-order valence-electron chi connectivity index (χ3n) is 4.03. The van der Waals surface area contributed by atoms with E-state index in [1.807, 2.05) is 13.8 Å². The number of amides is 2. The third-order valence-corrected chi connectivity index (χ3v) is 4.03. The molecule has 0 spiro atoms. The molecule has 0 fully saturated rings. The number of rotatable bonds is 6. The highest BCUT2D eigenvalue weighted by atomic mass is 16.2. The van der Waals surface area contributed by atoms with Crippen LogP contribution < -0.4 is 5.32 Å². The van der Waals surface area contributed by atoms with Gasteiger partial charge in [-0.25, -0.2) is 0 Å². The highest BCUT2D eigenvalue weighted by Crippen LogP contribution is 2.21. The van der Waals surface area contributed by atoms with Crippen LogP contribution in [-0.2, 0) is 4.79 Å². The number of nitrogens with zero attached hydrogens (tertiary/aromatic N) is 1. The Morgan fingerprint density at radius 1 is 1.18 bits per heavy atom. The number of benzene rings is 1. The van der Waals surface area contributed by atoms with Gasteiger partial charge in [-0.05, 0) is 56.9 Å². The van der Waals surface area contributed by atoms with Crippen molar-refractivity contribution >= 4 is 17.5 Å². The minimum absolute atomic E-state index is 0.0268. The van der Waals surface area contributed by atoms with Crippen molar-refractivity contribution < 1.29 is 9.59 Å². The lowest BCUT2D eigenvalue weighted by Crippen LogP contribution is -2.30. The monoisotopic (exact) mass is 300 g/mol. The predicted molar refractivity (Wildman–Crippen MR) is 88.8 cm³/mol. The van der Waals surface area contributed by atoms with Crippen molar-refractivity contribution in [1.82, 2.24) is 4.90 Å². The first kappa shape index (κ1) is 16.3. The van der Waals surface area contributed by atoms with Crippen molar-refractivity contribution in [3.05, 3.63) is 42.0 Å². The van der Waals surface area contributed by atoms with Crippen molar-refractivity contribution in [3.63, 3.8) is 0 Å². The molecular formula is C18H24N2O2. The lowest BCUT2D eigenvalue weighted by atomic mass is 10.0. The number of carbonyl (C=O) groups excluding carboxylic acids is 2. The first-order chi connectivity index (χ1) is 10.6. The minimum atomic E-state index is 0.0268. The van der Waals surface area contributed by atoms with E-state index < -0.39 is 0 Å². The fraction of sp³-hybridized carbons (Fsp3) is 0.444. The normalized spacial score (nSPS) is 16.5. The second-order valence-electron chi connectivity index (χ2n) is 5.57. The van der Waals surface area contributed by atoms with E-state index in [4.69, 9.17) is 0 Å². The molecule has 1 atom stereocenters. The first-order valence-corrected chi connectivity index (χ1v) is 7.99. The molecule has 2 amide bonds. The van der Waals surface area contributed by atoms with Gasteiger partial charge in [-0.1, -0.05) is 12.2 Å². The van der Waals surface area contributed by atoms with E-state index in [9.17, 15) is 9.59 Å². The highest BCUT2D eigenvalue weighted by molar-refractivity contribution is 5.95. The van der Waals surface area contributed by atoms with Crippen LogP contribution in [0.2, 0.25) is 0 Å². The van der Waals surface area contributed by atoms with Crippen LogP contribution in [0.3, 0.4) is 0 Å². The molecule has 0 aliphatic heterocycles. The van der Waals surface area contributed by atoms with Crippen LogP contribution in [-0.4, -0.2) is 29.8 Å². The summed E-state index contributed by atoms with van der Waals surface area (Å²) >= 11 is 0. The van der Waals surface area contributed by atoms with Gasteiger partial charge in [0.15, 0.2) is 0 Å². The van der Waals surface area contributed by atoms with Gasteiger partial charge in [0.2, 0.25) is 5.91 Å². The van der Waals surface area contributed by atoms with Crippen molar-refractivity contribution in [1.29, 1.82) is 0 Å². The van der Waals surface area contributed by atoms with Gasteiger partial charge in [-0.3, -0.25) is 9.59 Å². The molecule has 1 aromatic carbocycles. The Balaban J connectivity index is 1.92. The maximum atomic E-state index is 12.2. The van der Waals surface area contributed by atoms with E-state index in [-0.39, 0.29) is 11.8 Å². The molecule has 4 heteroatoms. The second-order valence-corrected chi connectivity index (χ2v) is 5.57. The van der Waals surface area contributed by atoms with Crippen LogP contribution in [0, 0.1) is 5.92 Å².